The molecule has 0 aliphatic heterocycles. The number of rotatable bonds is 13. The Hall–Kier alpha value is -4.07. The first-order valence-electron chi connectivity index (χ1n) is 12.5. The molecule has 0 radical (unpaired) electrons. The van der Waals surface area contributed by atoms with Crippen LogP contribution in [-0.2, 0) is 38.7 Å². The molecular formula is C26H30F2N3O10P. The second-order valence-corrected chi connectivity index (χ2v) is 11.1. The van der Waals surface area contributed by atoms with E-state index in [0.717, 1.165) is 12.1 Å². The van der Waals surface area contributed by atoms with Crippen molar-refractivity contribution in [1.82, 2.24) is 9.97 Å². The highest BCUT2D eigenvalue weighted by Gasteiger charge is 2.29. The Morgan fingerprint density at radius 1 is 0.929 bits per heavy atom. The molecule has 0 amide bonds. The molecule has 3 aromatic rings. The van der Waals surface area contributed by atoms with Gasteiger partial charge in [-0.3, -0.25) is 18.6 Å². The van der Waals surface area contributed by atoms with Gasteiger partial charge in [-0.15, -0.1) is 0 Å². The number of anilines is 2. The van der Waals surface area contributed by atoms with Crippen LogP contribution in [0.3, 0.4) is 0 Å². The molecule has 0 aliphatic rings. The van der Waals surface area contributed by atoms with E-state index in [9.17, 15) is 14.2 Å². The summed E-state index contributed by atoms with van der Waals surface area (Å²) < 4.78 is 78.0. The average molecular weight is 614 g/mol. The Bertz CT molecular complexity index is 1400. The van der Waals surface area contributed by atoms with Crippen molar-refractivity contribution in [1.29, 1.82) is 0 Å². The van der Waals surface area contributed by atoms with Gasteiger partial charge >= 0.3 is 19.9 Å². The highest BCUT2D eigenvalue weighted by atomic mass is 31.2. The van der Waals surface area contributed by atoms with E-state index in [-0.39, 0.29) is 5.56 Å². The summed E-state index contributed by atoms with van der Waals surface area (Å²) in [5, 5.41) is 3.16. The molecule has 0 saturated carbocycles. The molecule has 0 atom stereocenters. The molecule has 16 heteroatoms. The first kappa shape index (κ1) is 32.4. The van der Waals surface area contributed by atoms with Gasteiger partial charge < -0.3 is 29.0 Å². The maximum atomic E-state index is 15.2. The minimum atomic E-state index is -4.33. The highest BCUT2D eigenvalue weighted by molar-refractivity contribution is 7.53. The number of fused-ring (bicyclic) bond motifs is 1. The lowest BCUT2D eigenvalue weighted by molar-refractivity contribution is -0.0304. The van der Waals surface area contributed by atoms with Crippen LogP contribution < -0.4 is 10.1 Å². The molecule has 0 saturated heterocycles. The van der Waals surface area contributed by atoms with Gasteiger partial charge in [0.25, 0.3) is 0 Å². The molecule has 0 aliphatic carbocycles. The molecule has 1 N–H and O–H groups in total. The monoisotopic (exact) mass is 613 g/mol. The van der Waals surface area contributed by atoms with Crippen molar-refractivity contribution >= 4 is 42.2 Å². The Morgan fingerprint density at radius 3 is 2.02 bits per heavy atom. The number of carbonyl (C=O) groups excluding carboxylic acids is 2. The van der Waals surface area contributed by atoms with Crippen molar-refractivity contribution in [3.8, 4) is 5.88 Å². The van der Waals surface area contributed by atoms with Crippen molar-refractivity contribution in [2.45, 2.75) is 46.1 Å². The maximum Gasteiger partial charge on any atom is 0.510 e. The first-order chi connectivity index (χ1) is 19.9. The van der Waals surface area contributed by atoms with E-state index >= 15 is 8.78 Å². The molecule has 13 nitrogen and oxygen atoms in total. The summed E-state index contributed by atoms with van der Waals surface area (Å²) in [5.74, 6) is -1.75. The van der Waals surface area contributed by atoms with Crippen LogP contribution >= 0.6 is 7.60 Å². The van der Waals surface area contributed by atoms with E-state index in [1.807, 2.05) is 0 Å². The fourth-order valence-corrected chi connectivity index (χ4v) is 4.64. The molecule has 0 unspecified atom stereocenters. The average Bonchev–Trinajstić information content (AvgIpc) is 2.89. The number of nitrogens with one attached hydrogen (secondary N) is 1. The van der Waals surface area contributed by atoms with E-state index in [1.54, 1.807) is 33.8 Å². The van der Waals surface area contributed by atoms with Crippen molar-refractivity contribution in [3.05, 3.63) is 53.9 Å². The normalized spacial score (nSPS) is 11.5. The van der Waals surface area contributed by atoms with Crippen molar-refractivity contribution in [2.75, 3.05) is 26.0 Å². The largest absolute Gasteiger partial charge is 0.510 e. The number of hydrogen-bond acceptors (Lipinski definition) is 13. The maximum absolute atomic E-state index is 15.2. The Balaban J connectivity index is 1.78. The van der Waals surface area contributed by atoms with Crippen molar-refractivity contribution in [2.24, 2.45) is 0 Å². The molecule has 2 aromatic heterocycles. The topological polar surface area (TPSA) is 154 Å². The predicted molar refractivity (Wildman–Crippen MR) is 144 cm³/mol. The molecule has 0 bridgehead atoms. The molecule has 0 spiro atoms. The molecule has 2 heterocycles. The van der Waals surface area contributed by atoms with Crippen LogP contribution in [0, 0.1) is 11.6 Å². The zero-order chi connectivity index (χ0) is 30.9. The zero-order valence-electron chi connectivity index (χ0n) is 23.4. The summed E-state index contributed by atoms with van der Waals surface area (Å²) in [5.41, 5.74) is 0.144. The third-order valence-electron chi connectivity index (χ3n) is 5.07. The van der Waals surface area contributed by atoms with Crippen LogP contribution in [0.2, 0.25) is 0 Å². The Kier molecular flexibility index (Phi) is 11.4. The minimum Gasteiger partial charge on any atom is -0.481 e. The van der Waals surface area contributed by atoms with Crippen LogP contribution in [0.4, 0.5) is 29.7 Å². The van der Waals surface area contributed by atoms with Crippen molar-refractivity contribution in [3.63, 3.8) is 0 Å². The van der Waals surface area contributed by atoms with Gasteiger partial charge in [0.15, 0.2) is 0 Å². The number of carbonyl (C=O) groups is 2. The Morgan fingerprint density at radius 2 is 1.50 bits per heavy atom. The van der Waals surface area contributed by atoms with E-state index < -0.39 is 69.2 Å². The van der Waals surface area contributed by atoms with Gasteiger partial charge in [0, 0.05) is 23.8 Å². The van der Waals surface area contributed by atoms with Gasteiger partial charge in [0.1, 0.15) is 17.3 Å². The van der Waals surface area contributed by atoms with Gasteiger partial charge in [0.05, 0.1) is 36.7 Å². The summed E-state index contributed by atoms with van der Waals surface area (Å²) in [4.78, 5) is 31.6. The van der Waals surface area contributed by atoms with E-state index in [4.69, 9.17) is 32.7 Å². The van der Waals surface area contributed by atoms with Crippen LogP contribution in [0.25, 0.3) is 10.9 Å². The standard InChI is InChI=1S/C26H30F2N3O10P/c1-15(2)40-25(32)36-13-38-42(34,39-14-37-26(33)41-16(3)4)12-17-8-19(27)24(20(28)9-17)31-21-6-7-29-22-10-23(35-5)30-11-18(21)22/h6-11,15-16H,12-14H2,1-5H3,(H,29,31). The zero-order valence-corrected chi connectivity index (χ0v) is 24.3. The fraction of sp³-hybridized carbons (Fsp3) is 0.385. The third kappa shape index (κ3) is 9.50. The van der Waals surface area contributed by atoms with Gasteiger partial charge in [-0.1, -0.05) is 0 Å². The predicted octanol–water partition coefficient (Wildman–Crippen LogP) is 6.42. The quantitative estimate of drug-likeness (QED) is 0.128. The van der Waals surface area contributed by atoms with E-state index in [0.29, 0.717) is 22.5 Å². The summed E-state index contributed by atoms with van der Waals surface area (Å²) in [7, 11) is -2.89. The number of methoxy groups -OCH3 is 1. The first-order valence-corrected chi connectivity index (χ1v) is 14.2. The molecule has 228 valence electrons. The lowest BCUT2D eigenvalue weighted by atomic mass is 10.2. The fourth-order valence-electron chi connectivity index (χ4n) is 3.33. The number of hydrogen-bond donors (Lipinski definition) is 1. The molecule has 1 aromatic carbocycles. The second kappa shape index (κ2) is 14.7. The number of benzene rings is 1. The third-order valence-corrected chi connectivity index (χ3v) is 6.82. The van der Waals surface area contributed by atoms with E-state index in [2.05, 4.69) is 15.3 Å². The van der Waals surface area contributed by atoms with Crippen molar-refractivity contribution < 1.29 is 55.7 Å². The highest BCUT2D eigenvalue weighted by Crippen LogP contribution is 2.52. The number of nitrogens with zero attached hydrogens (tertiary/aromatic N) is 2. The van der Waals surface area contributed by atoms with Crippen LogP contribution in [0.15, 0.2) is 36.7 Å². The lowest BCUT2D eigenvalue weighted by Crippen LogP contribution is -2.16. The Labute approximate surface area is 239 Å². The van der Waals surface area contributed by atoms with Gasteiger partial charge in [-0.25, -0.2) is 23.4 Å². The smallest absolute Gasteiger partial charge is 0.481 e. The molecular weight excluding hydrogens is 583 g/mol. The summed E-state index contributed by atoms with van der Waals surface area (Å²) in [6, 6.07) is 4.90. The number of pyridine rings is 2. The second-order valence-electron chi connectivity index (χ2n) is 9.05. The minimum absolute atomic E-state index is 0.139. The number of aromatic nitrogens is 2. The molecule has 3 rings (SSSR count). The van der Waals surface area contributed by atoms with Gasteiger partial charge in [0.2, 0.25) is 19.5 Å². The molecule has 42 heavy (non-hydrogen) atoms. The van der Waals surface area contributed by atoms with E-state index in [1.165, 1.54) is 25.6 Å². The summed E-state index contributed by atoms with van der Waals surface area (Å²) in [6.45, 7) is 4.54. The van der Waals surface area contributed by atoms with Crippen LogP contribution in [0.5, 0.6) is 5.88 Å². The lowest BCUT2D eigenvalue weighted by Gasteiger charge is -2.19. The van der Waals surface area contributed by atoms with Gasteiger partial charge in [-0.05, 0) is 51.5 Å². The van der Waals surface area contributed by atoms with Crippen LogP contribution in [0.1, 0.15) is 33.3 Å². The van der Waals surface area contributed by atoms with Crippen LogP contribution in [-0.4, -0.2) is 55.2 Å². The molecule has 0 fully saturated rings. The SMILES string of the molecule is COc1cc2nccc(Nc3c(F)cc(CP(=O)(OCOC(=O)OC(C)C)OCOC(=O)OC(C)C)cc3F)c2cn1. The summed E-state index contributed by atoms with van der Waals surface area (Å²) in [6.07, 6.45) is -1.02. The van der Waals surface area contributed by atoms with Gasteiger partial charge in [-0.2, -0.15) is 0 Å². The number of ether oxygens (including phenoxy) is 5. The number of halogens is 2. The summed E-state index contributed by atoms with van der Waals surface area (Å²) >= 11 is 0.